The first kappa shape index (κ1) is 11.9. The second-order valence-corrected chi connectivity index (χ2v) is 4.51. The number of unbranched alkanes of at least 4 members (excludes halogenated alkanes) is 1. The second-order valence-electron chi connectivity index (χ2n) is 4.51. The van der Waals surface area contributed by atoms with Gasteiger partial charge in [0.2, 0.25) is 0 Å². The molecule has 6 nitrogen and oxygen atoms in total. The predicted octanol–water partition coefficient (Wildman–Crippen LogP) is 0.349. The smallest absolute Gasteiger partial charge is 0.328 e. The SMILES string of the molecule is CCCCN1C=NC2C1C(=O)N(C)C(=O)N2C. The maximum absolute atomic E-state index is 12.1. The number of amides is 3. The Morgan fingerprint density at radius 3 is 2.71 bits per heavy atom. The molecule has 0 aromatic heterocycles. The fourth-order valence-corrected chi connectivity index (χ4v) is 2.24. The van der Waals surface area contributed by atoms with Gasteiger partial charge < -0.3 is 9.80 Å². The summed E-state index contributed by atoms with van der Waals surface area (Å²) in [6.07, 6.45) is 3.43. The van der Waals surface area contributed by atoms with E-state index in [1.165, 1.54) is 16.8 Å². The molecule has 0 radical (unpaired) electrons. The van der Waals surface area contributed by atoms with E-state index in [0.717, 1.165) is 19.4 Å². The fourth-order valence-electron chi connectivity index (χ4n) is 2.24. The first-order chi connectivity index (χ1) is 8.07. The van der Waals surface area contributed by atoms with Gasteiger partial charge in [0, 0.05) is 20.6 Å². The monoisotopic (exact) mass is 238 g/mol. The molecule has 17 heavy (non-hydrogen) atoms. The van der Waals surface area contributed by atoms with E-state index in [-0.39, 0.29) is 24.1 Å². The molecule has 0 bridgehead atoms. The number of carbonyl (C=O) groups excluding carboxylic acids is 2. The molecular weight excluding hydrogens is 220 g/mol. The van der Waals surface area contributed by atoms with Crippen molar-refractivity contribution in [2.75, 3.05) is 20.6 Å². The second kappa shape index (κ2) is 4.35. The Labute approximate surface area is 101 Å². The Hall–Kier alpha value is -1.59. The molecule has 2 atom stereocenters. The third kappa shape index (κ3) is 1.77. The molecule has 2 rings (SSSR count). The van der Waals surface area contributed by atoms with Crippen molar-refractivity contribution in [2.24, 2.45) is 4.99 Å². The van der Waals surface area contributed by atoms with Gasteiger partial charge in [-0.05, 0) is 6.42 Å². The van der Waals surface area contributed by atoms with Crippen LogP contribution in [0.4, 0.5) is 4.79 Å². The highest BCUT2D eigenvalue weighted by Crippen LogP contribution is 2.24. The van der Waals surface area contributed by atoms with Crippen molar-refractivity contribution in [2.45, 2.75) is 32.0 Å². The van der Waals surface area contributed by atoms with Crippen LogP contribution in [-0.4, -0.2) is 65.8 Å². The van der Waals surface area contributed by atoms with Crippen molar-refractivity contribution < 1.29 is 9.59 Å². The highest BCUT2D eigenvalue weighted by atomic mass is 16.2. The number of likely N-dealkylation sites (N-methyl/N-ethyl adjacent to an activating group) is 2. The number of rotatable bonds is 3. The lowest BCUT2D eigenvalue weighted by molar-refractivity contribution is -0.136. The van der Waals surface area contributed by atoms with Crippen molar-refractivity contribution in [3.63, 3.8) is 0 Å². The van der Waals surface area contributed by atoms with Crippen LogP contribution in [0.15, 0.2) is 4.99 Å². The van der Waals surface area contributed by atoms with Crippen LogP contribution >= 0.6 is 0 Å². The fraction of sp³-hybridized carbons (Fsp3) is 0.727. The molecule has 2 aliphatic heterocycles. The van der Waals surface area contributed by atoms with Gasteiger partial charge in [-0.15, -0.1) is 0 Å². The summed E-state index contributed by atoms with van der Waals surface area (Å²) in [5, 5.41) is 0. The lowest BCUT2D eigenvalue weighted by Crippen LogP contribution is -2.63. The lowest BCUT2D eigenvalue weighted by atomic mass is 10.1. The van der Waals surface area contributed by atoms with Crippen LogP contribution < -0.4 is 0 Å². The molecule has 0 N–H and O–H groups in total. The summed E-state index contributed by atoms with van der Waals surface area (Å²) < 4.78 is 0. The minimum atomic E-state index is -0.358. The molecule has 0 spiro atoms. The van der Waals surface area contributed by atoms with Crippen molar-refractivity contribution >= 4 is 18.3 Å². The number of nitrogens with zero attached hydrogens (tertiary/aromatic N) is 4. The normalized spacial score (nSPS) is 28.1. The van der Waals surface area contributed by atoms with Crippen molar-refractivity contribution in [3.8, 4) is 0 Å². The number of imide groups is 1. The summed E-state index contributed by atoms with van der Waals surface area (Å²) in [5.41, 5.74) is 0. The van der Waals surface area contributed by atoms with Gasteiger partial charge in [-0.3, -0.25) is 9.69 Å². The van der Waals surface area contributed by atoms with Crippen LogP contribution in [0.2, 0.25) is 0 Å². The predicted molar refractivity (Wildman–Crippen MR) is 63.6 cm³/mol. The van der Waals surface area contributed by atoms with Gasteiger partial charge >= 0.3 is 6.03 Å². The van der Waals surface area contributed by atoms with Gasteiger partial charge in [0.1, 0.15) is 0 Å². The molecule has 3 amide bonds. The van der Waals surface area contributed by atoms with Gasteiger partial charge in [0.15, 0.2) is 12.2 Å². The quantitative estimate of drug-likeness (QED) is 0.713. The van der Waals surface area contributed by atoms with Crippen molar-refractivity contribution in [1.82, 2.24) is 14.7 Å². The molecule has 2 heterocycles. The summed E-state index contributed by atoms with van der Waals surface area (Å²) in [6.45, 7) is 2.91. The zero-order chi connectivity index (χ0) is 12.6. The number of hydrogen-bond acceptors (Lipinski definition) is 4. The van der Waals surface area contributed by atoms with E-state index in [0.29, 0.717) is 0 Å². The Kier molecular flexibility index (Phi) is 3.04. The average molecular weight is 238 g/mol. The zero-order valence-electron chi connectivity index (χ0n) is 10.5. The van der Waals surface area contributed by atoms with E-state index >= 15 is 0 Å². The molecule has 2 aliphatic rings. The van der Waals surface area contributed by atoms with Gasteiger partial charge in [0.25, 0.3) is 5.91 Å². The molecule has 1 saturated heterocycles. The summed E-state index contributed by atoms with van der Waals surface area (Å²) in [7, 11) is 3.21. The van der Waals surface area contributed by atoms with Crippen LogP contribution in [0.25, 0.3) is 0 Å². The summed E-state index contributed by atoms with van der Waals surface area (Å²) in [5.74, 6) is -0.160. The molecular formula is C11H18N4O2. The van der Waals surface area contributed by atoms with E-state index in [2.05, 4.69) is 11.9 Å². The largest absolute Gasteiger partial charge is 0.347 e. The Morgan fingerprint density at radius 2 is 2.06 bits per heavy atom. The van der Waals surface area contributed by atoms with E-state index in [1.807, 2.05) is 4.90 Å². The van der Waals surface area contributed by atoms with Gasteiger partial charge in [-0.25, -0.2) is 9.79 Å². The highest BCUT2D eigenvalue weighted by Gasteiger charge is 2.47. The number of urea groups is 1. The topological polar surface area (TPSA) is 56.2 Å². The van der Waals surface area contributed by atoms with E-state index < -0.39 is 0 Å². The third-order valence-corrected chi connectivity index (χ3v) is 3.35. The van der Waals surface area contributed by atoms with Gasteiger partial charge in [0.05, 0.1) is 6.34 Å². The maximum atomic E-state index is 12.1. The third-order valence-electron chi connectivity index (χ3n) is 3.35. The van der Waals surface area contributed by atoms with Crippen LogP contribution in [0, 0.1) is 0 Å². The lowest BCUT2D eigenvalue weighted by Gasteiger charge is -2.39. The van der Waals surface area contributed by atoms with Crippen LogP contribution in [-0.2, 0) is 4.79 Å². The minimum Gasteiger partial charge on any atom is -0.347 e. The Balaban J connectivity index is 2.18. The molecule has 94 valence electrons. The van der Waals surface area contributed by atoms with E-state index in [4.69, 9.17) is 0 Å². The summed E-state index contributed by atoms with van der Waals surface area (Å²) >= 11 is 0. The van der Waals surface area contributed by atoms with Crippen LogP contribution in [0.5, 0.6) is 0 Å². The number of hydrogen-bond donors (Lipinski definition) is 0. The van der Waals surface area contributed by atoms with Crippen molar-refractivity contribution in [1.29, 1.82) is 0 Å². The van der Waals surface area contributed by atoms with Gasteiger partial charge in [-0.2, -0.15) is 0 Å². The number of fused-ring (bicyclic) bond motifs is 1. The molecule has 1 fully saturated rings. The van der Waals surface area contributed by atoms with Crippen LogP contribution in [0.3, 0.4) is 0 Å². The highest BCUT2D eigenvalue weighted by molar-refractivity contribution is 6.01. The minimum absolute atomic E-state index is 0.160. The summed E-state index contributed by atoms with van der Waals surface area (Å²) in [4.78, 5) is 32.7. The molecule has 6 heteroatoms. The zero-order valence-corrected chi connectivity index (χ0v) is 10.5. The molecule has 0 aromatic rings. The number of carbonyl (C=O) groups is 2. The molecule has 0 saturated carbocycles. The molecule has 2 unspecified atom stereocenters. The van der Waals surface area contributed by atoms with E-state index in [1.54, 1.807) is 13.4 Å². The Bertz CT molecular complexity index is 368. The summed E-state index contributed by atoms with van der Waals surface area (Å²) in [6, 6.07) is -0.625. The molecule has 0 aromatic carbocycles. The van der Waals surface area contributed by atoms with E-state index in [9.17, 15) is 9.59 Å². The van der Waals surface area contributed by atoms with Crippen LogP contribution in [0.1, 0.15) is 19.8 Å². The maximum Gasteiger partial charge on any atom is 0.328 e. The number of aliphatic imine (C=N–C) groups is 1. The standard InChI is InChI=1S/C11H18N4O2/c1-4-5-6-15-7-12-9-8(15)10(16)14(3)11(17)13(9)2/h7-9H,4-6H2,1-3H3. The van der Waals surface area contributed by atoms with Gasteiger partial charge in [-0.1, -0.05) is 13.3 Å². The first-order valence-electron chi connectivity index (χ1n) is 5.91. The molecule has 0 aliphatic carbocycles. The average Bonchev–Trinajstić information content (AvgIpc) is 2.75. The Morgan fingerprint density at radius 1 is 1.35 bits per heavy atom. The van der Waals surface area contributed by atoms with Crippen molar-refractivity contribution in [3.05, 3.63) is 0 Å². The first-order valence-corrected chi connectivity index (χ1v) is 5.91.